The predicted octanol–water partition coefficient (Wildman–Crippen LogP) is 2.33. The Labute approximate surface area is 101 Å². The lowest BCUT2D eigenvalue weighted by Gasteiger charge is -2.30. The molecule has 3 nitrogen and oxygen atoms in total. The average molecular weight is 231 g/mol. The molecule has 1 saturated carbocycles. The average Bonchev–Trinajstić information content (AvgIpc) is 3.05. The highest BCUT2D eigenvalue weighted by Gasteiger charge is 2.43. The summed E-state index contributed by atoms with van der Waals surface area (Å²) in [7, 11) is 0. The number of benzene rings is 1. The van der Waals surface area contributed by atoms with Crippen molar-refractivity contribution >= 4 is 11.6 Å². The Morgan fingerprint density at radius 3 is 2.94 bits per heavy atom. The Hall–Kier alpha value is -1.51. The van der Waals surface area contributed by atoms with Crippen LogP contribution < -0.4 is 4.90 Å². The van der Waals surface area contributed by atoms with Gasteiger partial charge in [0.25, 0.3) is 0 Å². The molecule has 1 aliphatic heterocycles. The quantitative estimate of drug-likeness (QED) is 0.805. The van der Waals surface area contributed by atoms with E-state index in [0.29, 0.717) is 5.92 Å². The fourth-order valence-electron chi connectivity index (χ4n) is 2.72. The third kappa shape index (κ3) is 1.70. The van der Waals surface area contributed by atoms with Crippen molar-refractivity contribution in [1.82, 2.24) is 0 Å². The summed E-state index contributed by atoms with van der Waals surface area (Å²) in [5.74, 6) is 1.13. The maximum absolute atomic E-state index is 12.3. The Balaban J connectivity index is 1.96. The lowest BCUT2D eigenvalue weighted by atomic mass is 10.0. The van der Waals surface area contributed by atoms with Crippen molar-refractivity contribution in [2.45, 2.75) is 26.2 Å². The smallest absolute Gasteiger partial charge is 0.230 e. The van der Waals surface area contributed by atoms with E-state index >= 15 is 0 Å². The zero-order chi connectivity index (χ0) is 12.0. The summed E-state index contributed by atoms with van der Waals surface area (Å²) in [5, 5.41) is 9.95. The highest BCUT2D eigenvalue weighted by molar-refractivity contribution is 5.99. The van der Waals surface area contributed by atoms with Crippen LogP contribution >= 0.6 is 0 Å². The van der Waals surface area contributed by atoms with Crippen molar-refractivity contribution in [2.75, 3.05) is 11.4 Å². The topological polar surface area (TPSA) is 40.5 Å². The molecule has 1 N–H and O–H groups in total. The molecule has 2 aliphatic rings. The lowest BCUT2D eigenvalue weighted by Crippen LogP contribution is -2.36. The molecule has 90 valence electrons. The second-order valence-electron chi connectivity index (χ2n) is 5.20. The number of carbonyl (C=O) groups excluding carboxylic acids is 1. The number of amides is 1. The van der Waals surface area contributed by atoms with Crippen molar-refractivity contribution in [3.05, 3.63) is 23.8 Å². The fraction of sp³-hybridized carbons (Fsp3) is 0.500. The Morgan fingerprint density at radius 1 is 1.47 bits per heavy atom. The molecule has 1 fully saturated rings. The first-order valence-electron chi connectivity index (χ1n) is 6.30. The zero-order valence-electron chi connectivity index (χ0n) is 10.0. The monoisotopic (exact) mass is 231 g/mol. The molecular weight excluding hydrogens is 214 g/mol. The number of phenols is 1. The number of hydrogen-bond acceptors (Lipinski definition) is 2. The van der Waals surface area contributed by atoms with Gasteiger partial charge in [-0.1, -0.05) is 19.1 Å². The summed E-state index contributed by atoms with van der Waals surface area (Å²) in [5.41, 5.74) is 1.85. The van der Waals surface area contributed by atoms with E-state index in [4.69, 9.17) is 0 Å². The predicted molar refractivity (Wildman–Crippen MR) is 66.1 cm³/mol. The molecule has 1 aliphatic carbocycles. The first-order chi connectivity index (χ1) is 8.18. The van der Waals surface area contributed by atoms with Gasteiger partial charge in [0.2, 0.25) is 5.91 Å². The number of hydrogen-bond donors (Lipinski definition) is 1. The molecule has 1 heterocycles. The molecule has 1 aromatic carbocycles. The Kier molecular flexibility index (Phi) is 2.35. The molecule has 2 unspecified atom stereocenters. The number of fused-ring (bicyclic) bond motifs is 1. The van der Waals surface area contributed by atoms with Gasteiger partial charge in [-0.05, 0) is 36.8 Å². The normalized spacial score (nSPS) is 26.5. The molecule has 0 radical (unpaired) electrons. The Morgan fingerprint density at radius 2 is 2.24 bits per heavy atom. The van der Waals surface area contributed by atoms with Gasteiger partial charge < -0.3 is 10.0 Å². The number of para-hydroxylation sites is 1. The first-order valence-corrected chi connectivity index (χ1v) is 6.30. The third-order valence-corrected chi connectivity index (χ3v) is 3.89. The zero-order valence-corrected chi connectivity index (χ0v) is 10.0. The van der Waals surface area contributed by atoms with Crippen LogP contribution in [0.5, 0.6) is 5.75 Å². The number of aromatic hydroxyl groups is 1. The second-order valence-corrected chi connectivity index (χ2v) is 5.20. The van der Waals surface area contributed by atoms with Gasteiger partial charge in [-0.2, -0.15) is 0 Å². The van der Waals surface area contributed by atoms with Gasteiger partial charge in [-0.25, -0.2) is 0 Å². The number of carbonyl (C=O) groups is 1. The fourth-order valence-corrected chi connectivity index (χ4v) is 2.72. The largest absolute Gasteiger partial charge is 0.506 e. The van der Waals surface area contributed by atoms with Crippen molar-refractivity contribution in [3.63, 3.8) is 0 Å². The van der Waals surface area contributed by atoms with E-state index in [9.17, 15) is 9.90 Å². The van der Waals surface area contributed by atoms with E-state index < -0.39 is 0 Å². The summed E-state index contributed by atoms with van der Waals surface area (Å²) >= 11 is 0. The van der Waals surface area contributed by atoms with Gasteiger partial charge in [-0.3, -0.25) is 4.79 Å². The molecule has 1 aromatic rings. The van der Waals surface area contributed by atoms with Crippen LogP contribution in [0.1, 0.15) is 25.3 Å². The minimum atomic E-state index is 0.181. The van der Waals surface area contributed by atoms with Gasteiger partial charge >= 0.3 is 0 Å². The van der Waals surface area contributed by atoms with Gasteiger partial charge in [0.1, 0.15) is 5.75 Å². The summed E-state index contributed by atoms with van der Waals surface area (Å²) in [6, 6.07) is 5.52. The van der Waals surface area contributed by atoms with Crippen molar-refractivity contribution in [2.24, 2.45) is 11.8 Å². The molecule has 0 spiro atoms. The maximum atomic E-state index is 12.3. The van der Waals surface area contributed by atoms with E-state index in [1.165, 1.54) is 0 Å². The number of aryl methyl sites for hydroxylation is 1. The van der Waals surface area contributed by atoms with Gasteiger partial charge in [0.15, 0.2) is 0 Å². The molecule has 17 heavy (non-hydrogen) atoms. The molecular formula is C14H17NO2. The number of rotatable bonds is 1. The Bertz CT molecular complexity index is 469. The standard InChI is InChI=1S/C14H17NO2/c1-9-8-11(9)14(17)15-7-3-5-10-4-2-6-12(16)13(10)15/h2,4,6,9,11,16H,3,5,7-8H2,1H3. The molecule has 3 heteroatoms. The van der Waals surface area contributed by atoms with Crippen LogP contribution in [0, 0.1) is 11.8 Å². The molecule has 1 amide bonds. The van der Waals surface area contributed by atoms with E-state index in [-0.39, 0.29) is 17.6 Å². The van der Waals surface area contributed by atoms with Crippen LogP contribution in [-0.4, -0.2) is 17.6 Å². The van der Waals surface area contributed by atoms with Crippen molar-refractivity contribution in [3.8, 4) is 5.75 Å². The van der Waals surface area contributed by atoms with Gasteiger partial charge in [0, 0.05) is 12.5 Å². The number of nitrogens with zero attached hydrogens (tertiary/aromatic N) is 1. The molecule has 0 bridgehead atoms. The number of phenolic OH excluding ortho intramolecular Hbond substituents is 1. The summed E-state index contributed by atoms with van der Waals surface area (Å²) in [6.07, 6.45) is 2.94. The van der Waals surface area contributed by atoms with Crippen LogP contribution in [0.15, 0.2) is 18.2 Å². The first kappa shape index (κ1) is 10.6. The van der Waals surface area contributed by atoms with Crippen LogP contribution in [0.25, 0.3) is 0 Å². The molecule has 2 atom stereocenters. The van der Waals surface area contributed by atoms with Crippen LogP contribution in [0.2, 0.25) is 0 Å². The summed E-state index contributed by atoms with van der Waals surface area (Å²) in [6.45, 7) is 2.85. The van der Waals surface area contributed by atoms with Crippen LogP contribution in [-0.2, 0) is 11.2 Å². The minimum absolute atomic E-state index is 0.181. The molecule has 0 aromatic heterocycles. The van der Waals surface area contributed by atoms with E-state index in [1.54, 1.807) is 11.0 Å². The van der Waals surface area contributed by atoms with Crippen LogP contribution in [0.4, 0.5) is 5.69 Å². The van der Waals surface area contributed by atoms with Crippen LogP contribution in [0.3, 0.4) is 0 Å². The lowest BCUT2D eigenvalue weighted by molar-refractivity contribution is -0.120. The summed E-state index contributed by atoms with van der Waals surface area (Å²) in [4.78, 5) is 14.1. The molecule has 0 saturated heterocycles. The van der Waals surface area contributed by atoms with Crippen molar-refractivity contribution in [1.29, 1.82) is 0 Å². The SMILES string of the molecule is CC1CC1C(=O)N1CCCc2cccc(O)c21. The number of anilines is 1. The minimum Gasteiger partial charge on any atom is -0.506 e. The maximum Gasteiger partial charge on any atom is 0.230 e. The van der Waals surface area contributed by atoms with Crippen molar-refractivity contribution < 1.29 is 9.90 Å². The van der Waals surface area contributed by atoms with E-state index in [2.05, 4.69) is 6.92 Å². The highest BCUT2D eigenvalue weighted by atomic mass is 16.3. The highest BCUT2D eigenvalue weighted by Crippen LogP contribution is 2.43. The van der Waals surface area contributed by atoms with Gasteiger partial charge in [0.05, 0.1) is 5.69 Å². The van der Waals surface area contributed by atoms with Gasteiger partial charge in [-0.15, -0.1) is 0 Å². The van der Waals surface area contributed by atoms with E-state index in [0.717, 1.165) is 37.1 Å². The molecule has 3 rings (SSSR count). The summed E-state index contributed by atoms with van der Waals surface area (Å²) < 4.78 is 0. The van der Waals surface area contributed by atoms with E-state index in [1.807, 2.05) is 12.1 Å². The second kappa shape index (κ2) is 3.76. The third-order valence-electron chi connectivity index (χ3n) is 3.89.